The lowest BCUT2D eigenvalue weighted by Gasteiger charge is -2.08. The maximum Gasteiger partial charge on any atom is 0.417 e. The van der Waals surface area contributed by atoms with Gasteiger partial charge in [-0.05, 0) is 24.3 Å². The number of benzene rings is 1. The van der Waals surface area contributed by atoms with E-state index in [1.54, 1.807) is 0 Å². The van der Waals surface area contributed by atoms with Gasteiger partial charge in [0.05, 0.1) is 10.6 Å². The fourth-order valence-electron chi connectivity index (χ4n) is 1.69. The molecule has 5 nitrogen and oxygen atoms in total. The Kier molecular flexibility index (Phi) is 4.93. The number of hydrogen-bond acceptors (Lipinski definition) is 4. The molecule has 1 aromatic heterocycles. The summed E-state index contributed by atoms with van der Waals surface area (Å²) in [6, 6.07) is 6.89. The normalized spacial score (nSPS) is 14.9. The Labute approximate surface area is 141 Å². The van der Waals surface area contributed by atoms with E-state index in [2.05, 4.69) is 8.75 Å². The molecule has 11 heteroatoms. The molecule has 1 atom stereocenters. The van der Waals surface area contributed by atoms with Crippen molar-refractivity contribution in [2.45, 2.75) is 16.1 Å². The number of pyridine rings is 1. The van der Waals surface area contributed by atoms with Crippen LogP contribution in [0.4, 0.5) is 13.2 Å². The van der Waals surface area contributed by atoms with Gasteiger partial charge < -0.3 is 0 Å². The summed E-state index contributed by atoms with van der Waals surface area (Å²) in [6.07, 6.45) is -3.17. The first-order chi connectivity index (χ1) is 10.9. The third kappa shape index (κ3) is 4.05. The van der Waals surface area contributed by atoms with Crippen molar-refractivity contribution >= 4 is 31.4 Å². The molecule has 1 unspecified atom stereocenters. The Morgan fingerprint density at radius 2 is 1.71 bits per heavy atom. The van der Waals surface area contributed by atoms with Gasteiger partial charge in [-0.3, -0.25) is 0 Å². The number of hydrogen-bond donors (Lipinski definition) is 0. The lowest BCUT2D eigenvalue weighted by molar-refractivity contribution is -0.137. The van der Waals surface area contributed by atoms with Crippen molar-refractivity contribution in [3.05, 3.63) is 53.2 Å². The van der Waals surface area contributed by atoms with Crippen LogP contribution in [0.15, 0.2) is 56.3 Å². The number of alkyl halides is 3. The largest absolute Gasteiger partial charge is 0.417 e. The predicted octanol–water partition coefficient (Wildman–Crippen LogP) is 3.60. The molecule has 0 fully saturated rings. The molecule has 24 heavy (non-hydrogen) atoms. The molecule has 0 saturated heterocycles. The molecule has 0 bridgehead atoms. The van der Waals surface area contributed by atoms with Crippen LogP contribution in [-0.4, -0.2) is 23.9 Å². The van der Waals surface area contributed by atoms with Gasteiger partial charge in [0.15, 0.2) is 0 Å². The highest BCUT2D eigenvalue weighted by atomic mass is 35.5. The van der Waals surface area contributed by atoms with Crippen molar-refractivity contribution in [3.8, 4) is 0 Å². The molecule has 2 rings (SSSR count). The quantitative estimate of drug-likeness (QED) is 0.791. The van der Waals surface area contributed by atoms with Crippen LogP contribution in [0.2, 0.25) is 5.02 Å². The molecule has 0 radical (unpaired) electrons. The van der Waals surface area contributed by atoms with Gasteiger partial charge in [-0.25, -0.2) is 9.19 Å². The Bertz CT molecular complexity index is 980. The number of nitrogens with zero attached hydrogens (tertiary/aromatic N) is 2. The van der Waals surface area contributed by atoms with E-state index >= 15 is 0 Å². The van der Waals surface area contributed by atoms with E-state index in [4.69, 9.17) is 11.6 Å². The maximum absolute atomic E-state index is 12.5. The maximum atomic E-state index is 12.5. The monoisotopic (exact) mass is 398 g/mol. The first-order valence-corrected chi connectivity index (χ1v) is 9.94. The average molecular weight is 399 g/mol. The Morgan fingerprint density at radius 1 is 1.08 bits per heavy atom. The summed E-state index contributed by atoms with van der Waals surface area (Å²) in [6.45, 7) is 0. The molecule has 2 aromatic rings. The molecule has 0 saturated carbocycles. The molecule has 0 N–H and O–H groups in total. The second kappa shape index (κ2) is 6.34. The van der Waals surface area contributed by atoms with Crippen LogP contribution < -0.4 is 0 Å². The molecule has 1 aromatic carbocycles. The molecule has 130 valence electrons. The summed E-state index contributed by atoms with van der Waals surface area (Å²) in [5.74, 6) is 0. The van der Waals surface area contributed by atoms with E-state index in [1.807, 2.05) is 0 Å². The molecular weight excluding hydrogens is 389 g/mol. The molecular formula is C13H10ClF3N2O3S2. The van der Waals surface area contributed by atoms with Gasteiger partial charge in [0, 0.05) is 12.5 Å². The average Bonchev–Trinajstić information content (AvgIpc) is 2.45. The SMILES string of the molecule is CS(=O)(=NS(=O)(=O)c1ccccc1Cl)c1ccc(C(F)(F)F)cn1. The third-order valence-corrected chi connectivity index (χ3v) is 7.10. The number of halogens is 4. The van der Waals surface area contributed by atoms with Gasteiger partial charge >= 0.3 is 6.18 Å². The smallest absolute Gasteiger partial charge is 0.246 e. The second-order valence-corrected chi connectivity index (χ2v) is 9.08. The van der Waals surface area contributed by atoms with E-state index in [0.29, 0.717) is 12.3 Å². The molecule has 0 aliphatic rings. The fourth-order valence-corrected chi connectivity index (χ4v) is 5.38. The fraction of sp³-hybridized carbons (Fsp3) is 0.154. The molecule has 0 amide bonds. The van der Waals surface area contributed by atoms with Crippen molar-refractivity contribution < 1.29 is 25.8 Å². The lowest BCUT2D eigenvalue weighted by Crippen LogP contribution is -2.09. The minimum atomic E-state index is -4.61. The lowest BCUT2D eigenvalue weighted by atomic mass is 10.3. The van der Waals surface area contributed by atoms with E-state index in [9.17, 15) is 25.8 Å². The minimum absolute atomic E-state index is 0.114. The van der Waals surface area contributed by atoms with Gasteiger partial charge in [0.1, 0.15) is 19.7 Å². The highest BCUT2D eigenvalue weighted by Crippen LogP contribution is 2.29. The van der Waals surface area contributed by atoms with Crippen LogP contribution in [0.5, 0.6) is 0 Å². The molecule has 1 heterocycles. The first-order valence-electron chi connectivity index (χ1n) is 6.20. The zero-order chi connectivity index (χ0) is 18.2. The standard InChI is InChI=1S/C13H10ClF3N2O3S2/c1-23(20,12-7-6-9(8-18-12)13(15,16)17)19-24(21,22)11-5-3-2-4-10(11)14/h2-8H,1H3. The summed E-state index contributed by atoms with van der Waals surface area (Å²) in [4.78, 5) is 3.08. The molecule has 0 spiro atoms. The number of sulfonamides is 1. The Hall–Kier alpha value is -1.65. The van der Waals surface area contributed by atoms with Crippen LogP contribution >= 0.6 is 11.6 Å². The number of rotatable bonds is 3. The van der Waals surface area contributed by atoms with Crippen molar-refractivity contribution in [2.75, 3.05) is 6.26 Å². The van der Waals surface area contributed by atoms with Crippen LogP contribution in [0.25, 0.3) is 0 Å². The van der Waals surface area contributed by atoms with Crippen LogP contribution in [0.1, 0.15) is 5.56 Å². The van der Waals surface area contributed by atoms with Gasteiger partial charge in [-0.15, -0.1) is 3.77 Å². The van der Waals surface area contributed by atoms with Crippen molar-refractivity contribution in [2.24, 2.45) is 3.77 Å². The summed E-state index contributed by atoms with van der Waals surface area (Å²) in [7, 11) is -7.98. The minimum Gasteiger partial charge on any atom is -0.246 e. The van der Waals surface area contributed by atoms with Crippen LogP contribution in [-0.2, 0) is 25.9 Å². The van der Waals surface area contributed by atoms with Crippen molar-refractivity contribution in [1.82, 2.24) is 4.98 Å². The number of aromatic nitrogens is 1. The predicted molar refractivity (Wildman–Crippen MR) is 82.6 cm³/mol. The molecule has 0 aliphatic carbocycles. The van der Waals surface area contributed by atoms with E-state index in [1.165, 1.54) is 24.3 Å². The van der Waals surface area contributed by atoms with Gasteiger partial charge in [0.2, 0.25) is 0 Å². The van der Waals surface area contributed by atoms with Crippen LogP contribution in [0.3, 0.4) is 0 Å². The summed E-state index contributed by atoms with van der Waals surface area (Å²) >= 11 is 5.78. The topological polar surface area (TPSA) is 76.5 Å². The van der Waals surface area contributed by atoms with Gasteiger partial charge in [0.25, 0.3) is 10.0 Å². The molecule has 0 aliphatic heterocycles. The zero-order valence-electron chi connectivity index (χ0n) is 12.0. The van der Waals surface area contributed by atoms with Crippen LogP contribution in [0, 0.1) is 0 Å². The Morgan fingerprint density at radius 3 is 2.21 bits per heavy atom. The third-order valence-electron chi connectivity index (χ3n) is 2.81. The first kappa shape index (κ1) is 18.7. The highest BCUT2D eigenvalue weighted by Gasteiger charge is 2.31. The van der Waals surface area contributed by atoms with Crippen molar-refractivity contribution in [3.63, 3.8) is 0 Å². The van der Waals surface area contributed by atoms with Gasteiger partial charge in [-0.1, -0.05) is 23.7 Å². The Balaban J connectivity index is 2.52. The van der Waals surface area contributed by atoms with E-state index in [0.717, 1.165) is 12.3 Å². The summed E-state index contributed by atoms with van der Waals surface area (Å²) in [5, 5.41) is -0.497. The van der Waals surface area contributed by atoms with E-state index < -0.39 is 31.5 Å². The highest BCUT2D eigenvalue weighted by molar-refractivity contribution is 8.03. The second-order valence-electron chi connectivity index (χ2n) is 4.67. The van der Waals surface area contributed by atoms with Gasteiger partial charge in [-0.2, -0.15) is 21.6 Å². The summed E-state index contributed by atoms with van der Waals surface area (Å²) < 4.78 is 77.8. The summed E-state index contributed by atoms with van der Waals surface area (Å²) in [5.41, 5.74) is -1.05. The van der Waals surface area contributed by atoms with Crippen molar-refractivity contribution in [1.29, 1.82) is 0 Å². The van der Waals surface area contributed by atoms with E-state index in [-0.39, 0.29) is 14.9 Å². The zero-order valence-corrected chi connectivity index (χ0v) is 14.4.